The molecule has 0 saturated carbocycles. The number of rotatable bonds is 4. The first-order valence-electron chi connectivity index (χ1n) is 4.47. The Labute approximate surface area is 83.3 Å². The van der Waals surface area contributed by atoms with E-state index in [4.69, 9.17) is 15.2 Å². The normalized spacial score (nSPS) is 9.93. The van der Waals surface area contributed by atoms with Crippen molar-refractivity contribution in [2.45, 2.75) is 19.8 Å². The van der Waals surface area contributed by atoms with Gasteiger partial charge in [-0.1, -0.05) is 6.92 Å². The number of aryl methyl sites for hydroxylation is 1. The van der Waals surface area contributed by atoms with Crippen LogP contribution in [0.1, 0.15) is 19.2 Å². The minimum absolute atomic E-state index is 0.342. The van der Waals surface area contributed by atoms with Crippen molar-refractivity contribution in [3.8, 4) is 11.8 Å². The fraction of sp³-hybridized carbons (Fsp3) is 0.556. The van der Waals surface area contributed by atoms with Gasteiger partial charge in [0.25, 0.3) is 0 Å². The van der Waals surface area contributed by atoms with Crippen molar-refractivity contribution < 1.29 is 9.47 Å². The van der Waals surface area contributed by atoms with Crippen molar-refractivity contribution >= 4 is 5.69 Å². The molecule has 0 radical (unpaired) electrons. The Kier molecular flexibility index (Phi) is 3.50. The number of ether oxygens (including phenoxy) is 2. The Balaban J connectivity index is 3.11. The van der Waals surface area contributed by atoms with E-state index >= 15 is 0 Å². The number of hydrogen-bond acceptors (Lipinski definition) is 5. The number of methoxy groups -OCH3 is 2. The molecule has 0 aliphatic rings. The number of hydrogen-bond donors (Lipinski definition) is 1. The number of anilines is 1. The summed E-state index contributed by atoms with van der Waals surface area (Å²) in [4.78, 5) is 8.30. The highest BCUT2D eigenvalue weighted by Crippen LogP contribution is 2.27. The Morgan fingerprint density at radius 2 is 1.64 bits per heavy atom. The highest BCUT2D eigenvalue weighted by atomic mass is 16.5. The van der Waals surface area contributed by atoms with Crippen molar-refractivity contribution in [2.24, 2.45) is 0 Å². The van der Waals surface area contributed by atoms with E-state index < -0.39 is 0 Å². The van der Waals surface area contributed by atoms with Crippen molar-refractivity contribution in [1.29, 1.82) is 0 Å². The average molecular weight is 197 g/mol. The third kappa shape index (κ3) is 2.04. The monoisotopic (exact) mass is 197 g/mol. The fourth-order valence-corrected chi connectivity index (χ4v) is 1.12. The lowest BCUT2D eigenvalue weighted by Crippen LogP contribution is -2.05. The third-order valence-corrected chi connectivity index (χ3v) is 1.78. The van der Waals surface area contributed by atoms with Gasteiger partial charge in [0.15, 0.2) is 5.69 Å². The Morgan fingerprint density at radius 1 is 1.14 bits per heavy atom. The zero-order valence-corrected chi connectivity index (χ0v) is 8.70. The number of nitrogen functional groups attached to an aromatic ring is 1. The molecule has 1 heterocycles. The predicted molar refractivity (Wildman–Crippen MR) is 53.5 cm³/mol. The molecule has 1 aromatic heterocycles. The maximum atomic E-state index is 5.69. The van der Waals surface area contributed by atoms with Gasteiger partial charge in [0.1, 0.15) is 5.82 Å². The van der Waals surface area contributed by atoms with E-state index in [1.54, 1.807) is 0 Å². The van der Waals surface area contributed by atoms with Crippen molar-refractivity contribution in [1.82, 2.24) is 9.97 Å². The molecule has 1 rings (SSSR count). The Morgan fingerprint density at radius 3 is 2.00 bits per heavy atom. The minimum atomic E-state index is 0.342. The summed E-state index contributed by atoms with van der Waals surface area (Å²) >= 11 is 0. The van der Waals surface area contributed by atoms with Crippen LogP contribution in [-0.2, 0) is 6.42 Å². The van der Waals surface area contributed by atoms with Crippen molar-refractivity contribution in [3.05, 3.63) is 5.82 Å². The lowest BCUT2D eigenvalue weighted by molar-refractivity contribution is 0.372. The van der Waals surface area contributed by atoms with Crippen LogP contribution in [-0.4, -0.2) is 24.2 Å². The minimum Gasteiger partial charge on any atom is -0.479 e. The molecule has 14 heavy (non-hydrogen) atoms. The van der Waals surface area contributed by atoms with Gasteiger partial charge in [-0.25, -0.2) is 0 Å². The van der Waals surface area contributed by atoms with E-state index in [9.17, 15) is 0 Å². The lowest BCUT2D eigenvalue weighted by Gasteiger charge is -2.09. The summed E-state index contributed by atoms with van der Waals surface area (Å²) in [7, 11) is 3.04. The Bertz CT molecular complexity index is 290. The van der Waals surface area contributed by atoms with Gasteiger partial charge in [0.2, 0.25) is 11.8 Å². The first-order chi connectivity index (χ1) is 6.72. The highest BCUT2D eigenvalue weighted by Gasteiger charge is 2.11. The topological polar surface area (TPSA) is 70.3 Å². The zero-order valence-electron chi connectivity index (χ0n) is 8.70. The molecule has 0 atom stereocenters. The van der Waals surface area contributed by atoms with Crippen LogP contribution in [0.3, 0.4) is 0 Å². The average Bonchev–Trinajstić information content (AvgIpc) is 2.20. The highest BCUT2D eigenvalue weighted by molar-refractivity contribution is 5.56. The van der Waals surface area contributed by atoms with E-state index in [2.05, 4.69) is 16.9 Å². The third-order valence-electron chi connectivity index (χ3n) is 1.78. The largest absolute Gasteiger partial charge is 0.479 e. The number of nitrogens with two attached hydrogens (primary N) is 1. The van der Waals surface area contributed by atoms with Crippen LogP contribution in [0.2, 0.25) is 0 Å². The van der Waals surface area contributed by atoms with Gasteiger partial charge in [-0.3, -0.25) is 0 Å². The smallest absolute Gasteiger partial charge is 0.244 e. The molecular formula is C9H15N3O2. The second-order valence-electron chi connectivity index (χ2n) is 2.82. The Hall–Kier alpha value is -1.52. The van der Waals surface area contributed by atoms with Crippen LogP contribution in [0.5, 0.6) is 11.8 Å². The molecule has 0 aliphatic carbocycles. The van der Waals surface area contributed by atoms with Gasteiger partial charge >= 0.3 is 0 Å². The van der Waals surface area contributed by atoms with Gasteiger partial charge in [-0.15, -0.1) is 0 Å². The quantitative estimate of drug-likeness (QED) is 0.780. The summed E-state index contributed by atoms with van der Waals surface area (Å²) < 4.78 is 10.0. The summed E-state index contributed by atoms with van der Waals surface area (Å²) in [6.45, 7) is 2.05. The van der Waals surface area contributed by atoms with E-state index in [1.165, 1.54) is 14.2 Å². The van der Waals surface area contributed by atoms with Gasteiger partial charge < -0.3 is 15.2 Å². The zero-order chi connectivity index (χ0) is 10.6. The van der Waals surface area contributed by atoms with Gasteiger partial charge in [-0.2, -0.15) is 9.97 Å². The number of aromatic nitrogens is 2. The molecule has 0 amide bonds. The summed E-state index contributed by atoms with van der Waals surface area (Å²) in [6.07, 6.45) is 1.75. The summed E-state index contributed by atoms with van der Waals surface area (Å²) in [5.41, 5.74) is 6.04. The summed E-state index contributed by atoms with van der Waals surface area (Å²) in [5, 5.41) is 0. The fourth-order valence-electron chi connectivity index (χ4n) is 1.12. The standard InChI is InChI=1S/C9H15N3O2/c1-4-5-6-11-8(13-2)7(10)9(12-6)14-3/h4-5,10H2,1-3H3. The van der Waals surface area contributed by atoms with Crippen LogP contribution >= 0.6 is 0 Å². The summed E-state index contributed by atoms with van der Waals surface area (Å²) in [5.74, 6) is 1.44. The van der Waals surface area contributed by atoms with Crippen LogP contribution in [0.15, 0.2) is 0 Å². The second-order valence-corrected chi connectivity index (χ2v) is 2.82. The van der Waals surface area contributed by atoms with Gasteiger partial charge in [-0.05, 0) is 6.42 Å². The molecule has 0 unspecified atom stereocenters. The van der Waals surface area contributed by atoms with Gasteiger partial charge in [0.05, 0.1) is 14.2 Å². The second kappa shape index (κ2) is 4.64. The molecule has 78 valence electrons. The molecule has 2 N–H and O–H groups in total. The lowest BCUT2D eigenvalue weighted by atomic mass is 10.3. The molecule has 0 aliphatic heterocycles. The maximum Gasteiger partial charge on any atom is 0.244 e. The van der Waals surface area contributed by atoms with Crippen LogP contribution in [0, 0.1) is 0 Å². The van der Waals surface area contributed by atoms with Crippen LogP contribution < -0.4 is 15.2 Å². The van der Waals surface area contributed by atoms with Gasteiger partial charge in [0, 0.05) is 6.42 Å². The molecule has 0 aromatic carbocycles. The van der Waals surface area contributed by atoms with E-state index in [-0.39, 0.29) is 0 Å². The first-order valence-corrected chi connectivity index (χ1v) is 4.47. The number of nitrogens with zero attached hydrogens (tertiary/aromatic N) is 2. The van der Waals surface area contributed by atoms with E-state index in [0.717, 1.165) is 12.8 Å². The molecule has 0 saturated heterocycles. The predicted octanol–water partition coefficient (Wildman–Crippen LogP) is 1.03. The molecule has 0 bridgehead atoms. The van der Waals surface area contributed by atoms with Crippen molar-refractivity contribution in [2.75, 3.05) is 20.0 Å². The molecule has 0 spiro atoms. The SMILES string of the molecule is CCCc1nc(OC)c(N)c(OC)n1. The summed E-state index contributed by atoms with van der Waals surface area (Å²) in [6, 6.07) is 0. The van der Waals surface area contributed by atoms with Crippen LogP contribution in [0.4, 0.5) is 5.69 Å². The molecule has 5 heteroatoms. The van der Waals surface area contributed by atoms with E-state index in [0.29, 0.717) is 23.3 Å². The van der Waals surface area contributed by atoms with E-state index in [1.807, 2.05) is 0 Å². The molecule has 0 fully saturated rings. The molecular weight excluding hydrogens is 182 g/mol. The first kappa shape index (κ1) is 10.6. The maximum absolute atomic E-state index is 5.69. The molecule has 1 aromatic rings. The van der Waals surface area contributed by atoms with Crippen molar-refractivity contribution in [3.63, 3.8) is 0 Å². The van der Waals surface area contributed by atoms with Crippen LogP contribution in [0.25, 0.3) is 0 Å². The molecule has 5 nitrogen and oxygen atoms in total.